The molecule has 0 aliphatic carbocycles. The lowest BCUT2D eigenvalue weighted by Gasteiger charge is -2.39. The van der Waals surface area contributed by atoms with E-state index in [1.807, 2.05) is 0 Å². The van der Waals surface area contributed by atoms with Gasteiger partial charge in [-0.1, -0.05) is 34.8 Å². The van der Waals surface area contributed by atoms with E-state index in [-0.39, 0.29) is 21.1 Å². The van der Waals surface area contributed by atoms with E-state index in [9.17, 15) is 20.1 Å². The number of carbonyl (C=O) groups is 1. The maximum atomic E-state index is 11.8. The molecule has 0 unspecified atom stereocenters. The standard InChI is InChI=1S/C13H14Cl3NO8/c14-4-1-5(15)12(17-11(4)16)23-3-7(19)25-13-10(22)9(21)8(20)6(2-18)24-13/h1,6,8-10,13,18,20-22H,2-3H2/t6-,8-,9+,10-,13-/m1/s1. The summed E-state index contributed by atoms with van der Waals surface area (Å²) in [6, 6.07) is 1.27. The van der Waals surface area contributed by atoms with Gasteiger partial charge >= 0.3 is 5.97 Å². The number of aliphatic hydroxyl groups is 4. The summed E-state index contributed by atoms with van der Waals surface area (Å²) in [6.07, 6.45) is -7.76. The second-order valence-electron chi connectivity index (χ2n) is 5.02. The molecule has 1 aliphatic heterocycles. The Kier molecular flexibility index (Phi) is 7.06. The predicted octanol–water partition coefficient (Wildman–Crippen LogP) is -0.236. The Morgan fingerprint density at radius 1 is 1.16 bits per heavy atom. The predicted molar refractivity (Wildman–Crippen MR) is 84.6 cm³/mol. The van der Waals surface area contributed by atoms with E-state index in [4.69, 9.17) is 54.1 Å². The van der Waals surface area contributed by atoms with Gasteiger partial charge in [-0.15, -0.1) is 0 Å². The second-order valence-corrected chi connectivity index (χ2v) is 6.20. The van der Waals surface area contributed by atoms with Crippen LogP contribution in [-0.2, 0) is 14.3 Å². The van der Waals surface area contributed by atoms with Gasteiger partial charge in [0.2, 0.25) is 12.2 Å². The fraction of sp³-hybridized carbons (Fsp3) is 0.538. The van der Waals surface area contributed by atoms with Crippen LogP contribution in [0.25, 0.3) is 0 Å². The molecule has 1 fully saturated rings. The molecule has 1 aromatic heterocycles. The first kappa shape index (κ1) is 20.4. The molecule has 9 nitrogen and oxygen atoms in total. The van der Waals surface area contributed by atoms with E-state index in [0.717, 1.165) is 0 Å². The number of rotatable bonds is 5. The molecule has 12 heteroatoms. The van der Waals surface area contributed by atoms with Gasteiger partial charge in [0, 0.05) is 0 Å². The Hall–Kier alpha value is -0.910. The molecule has 0 bridgehead atoms. The van der Waals surface area contributed by atoms with Crippen molar-refractivity contribution in [1.29, 1.82) is 0 Å². The van der Waals surface area contributed by atoms with Crippen LogP contribution < -0.4 is 4.74 Å². The number of hydrogen-bond acceptors (Lipinski definition) is 9. The van der Waals surface area contributed by atoms with Crippen LogP contribution in [0.15, 0.2) is 6.07 Å². The Balaban J connectivity index is 1.95. The smallest absolute Gasteiger partial charge is 0.346 e. The topological polar surface area (TPSA) is 139 Å². The van der Waals surface area contributed by atoms with Crippen LogP contribution in [0.3, 0.4) is 0 Å². The fourth-order valence-electron chi connectivity index (χ4n) is 1.99. The van der Waals surface area contributed by atoms with E-state index < -0.39 is 49.9 Å². The molecule has 0 amide bonds. The number of aromatic nitrogens is 1. The van der Waals surface area contributed by atoms with Gasteiger partial charge in [0.15, 0.2) is 11.8 Å². The van der Waals surface area contributed by atoms with Crippen LogP contribution in [-0.4, -0.2) is 75.3 Å². The number of halogens is 3. The van der Waals surface area contributed by atoms with Crippen LogP contribution in [0.5, 0.6) is 5.88 Å². The maximum Gasteiger partial charge on any atom is 0.346 e. The summed E-state index contributed by atoms with van der Waals surface area (Å²) in [6.45, 7) is -1.32. The molecule has 140 valence electrons. The number of esters is 1. The number of ether oxygens (including phenoxy) is 3. The van der Waals surface area contributed by atoms with Crippen molar-refractivity contribution in [3.8, 4) is 5.88 Å². The average molecular weight is 419 g/mol. The van der Waals surface area contributed by atoms with Crippen LogP contribution >= 0.6 is 34.8 Å². The summed E-state index contributed by atoms with van der Waals surface area (Å²) in [4.78, 5) is 15.5. The SMILES string of the molecule is O=C(COc1nc(Cl)c(Cl)cc1Cl)O[C@H]1O[C@H](CO)[C@@H](O)[C@H](O)[C@H]1O. The Labute approximate surface area is 156 Å². The summed E-state index contributed by atoms with van der Waals surface area (Å²) in [5, 5.41) is 38.1. The molecule has 0 spiro atoms. The molecule has 1 aromatic rings. The van der Waals surface area contributed by atoms with Crippen molar-refractivity contribution in [2.45, 2.75) is 30.7 Å². The minimum absolute atomic E-state index is 0.00930. The fourth-order valence-corrected chi connectivity index (χ4v) is 2.53. The Morgan fingerprint density at radius 3 is 2.48 bits per heavy atom. The van der Waals surface area contributed by atoms with Gasteiger partial charge in [-0.2, -0.15) is 4.98 Å². The monoisotopic (exact) mass is 417 g/mol. The number of pyridine rings is 1. The van der Waals surface area contributed by atoms with Gasteiger partial charge in [0.05, 0.1) is 11.6 Å². The first-order chi connectivity index (χ1) is 11.7. The van der Waals surface area contributed by atoms with Crippen LogP contribution in [0.4, 0.5) is 0 Å². The summed E-state index contributed by atoms with van der Waals surface area (Å²) < 4.78 is 14.9. The normalized spacial score (nSPS) is 29.3. The van der Waals surface area contributed by atoms with Crippen molar-refractivity contribution in [3.05, 3.63) is 21.3 Å². The average Bonchev–Trinajstić information content (AvgIpc) is 2.57. The first-order valence-electron chi connectivity index (χ1n) is 6.89. The molecule has 0 aromatic carbocycles. The third kappa shape index (κ3) is 4.83. The quantitative estimate of drug-likeness (QED) is 0.377. The van der Waals surface area contributed by atoms with E-state index in [2.05, 4.69) is 4.98 Å². The highest BCUT2D eigenvalue weighted by molar-refractivity contribution is 6.42. The zero-order valence-electron chi connectivity index (χ0n) is 12.4. The van der Waals surface area contributed by atoms with Gasteiger partial charge < -0.3 is 34.6 Å². The number of hydrogen-bond donors (Lipinski definition) is 4. The van der Waals surface area contributed by atoms with E-state index in [0.29, 0.717) is 0 Å². The van der Waals surface area contributed by atoms with Crippen LogP contribution in [0.2, 0.25) is 15.2 Å². The van der Waals surface area contributed by atoms with Crippen LogP contribution in [0, 0.1) is 0 Å². The summed E-state index contributed by atoms with van der Waals surface area (Å²) >= 11 is 17.3. The van der Waals surface area contributed by atoms with Gasteiger partial charge in [0.1, 0.15) is 29.4 Å². The molecule has 0 radical (unpaired) electrons. The highest BCUT2D eigenvalue weighted by Crippen LogP contribution is 2.30. The van der Waals surface area contributed by atoms with E-state index in [1.54, 1.807) is 0 Å². The Morgan fingerprint density at radius 2 is 1.84 bits per heavy atom. The van der Waals surface area contributed by atoms with Gasteiger partial charge in [-0.25, -0.2) is 4.79 Å². The number of carbonyl (C=O) groups excluding carboxylic acids is 1. The molecule has 25 heavy (non-hydrogen) atoms. The van der Waals surface area contributed by atoms with Crippen molar-refractivity contribution in [2.75, 3.05) is 13.2 Å². The maximum absolute atomic E-state index is 11.8. The molecule has 2 rings (SSSR count). The van der Waals surface area contributed by atoms with Crippen molar-refractivity contribution in [3.63, 3.8) is 0 Å². The minimum atomic E-state index is -1.71. The summed E-state index contributed by atoms with van der Waals surface area (Å²) in [7, 11) is 0. The number of nitrogens with zero attached hydrogens (tertiary/aromatic N) is 1. The van der Waals surface area contributed by atoms with Gasteiger partial charge in [-0.3, -0.25) is 0 Å². The first-order valence-corrected chi connectivity index (χ1v) is 8.02. The molecular weight excluding hydrogens is 405 g/mol. The number of aliphatic hydroxyl groups excluding tert-OH is 4. The van der Waals surface area contributed by atoms with Gasteiger partial charge in [-0.05, 0) is 6.07 Å². The third-order valence-electron chi connectivity index (χ3n) is 3.28. The third-order valence-corrected chi connectivity index (χ3v) is 4.22. The molecule has 5 atom stereocenters. The van der Waals surface area contributed by atoms with Crippen molar-refractivity contribution >= 4 is 40.8 Å². The lowest BCUT2D eigenvalue weighted by molar-refractivity contribution is -0.293. The lowest BCUT2D eigenvalue weighted by atomic mass is 9.99. The molecule has 1 aliphatic rings. The lowest BCUT2D eigenvalue weighted by Crippen LogP contribution is -2.59. The molecule has 1 saturated heterocycles. The molecular formula is C13H14Cl3NO8. The Bertz CT molecular complexity index is 632. The molecule has 4 N–H and O–H groups in total. The minimum Gasteiger partial charge on any atom is -0.465 e. The zero-order valence-corrected chi connectivity index (χ0v) is 14.6. The van der Waals surface area contributed by atoms with Crippen LogP contribution in [0.1, 0.15) is 0 Å². The van der Waals surface area contributed by atoms with Crippen molar-refractivity contribution in [1.82, 2.24) is 4.98 Å². The highest BCUT2D eigenvalue weighted by atomic mass is 35.5. The van der Waals surface area contributed by atoms with Gasteiger partial charge in [0.25, 0.3) is 0 Å². The second kappa shape index (κ2) is 8.65. The summed E-state index contributed by atoms with van der Waals surface area (Å²) in [5.74, 6) is -1.16. The van der Waals surface area contributed by atoms with Crippen molar-refractivity contribution in [2.24, 2.45) is 0 Å². The summed E-state index contributed by atoms with van der Waals surface area (Å²) in [5.41, 5.74) is 0. The van der Waals surface area contributed by atoms with E-state index in [1.165, 1.54) is 6.07 Å². The van der Waals surface area contributed by atoms with E-state index >= 15 is 0 Å². The molecule has 2 heterocycles. The zero-order chi connectivity index (χ0) is 18.7. The van der Waals surface area contributed by atoms with Crippen molar-refractivity contribution < 1.29 is 39.4 Å². The highest BCUT2D eigenvalue weighted by Gasteiger charge is 2.45. The largest absolute Gasteiger partial charge is 0.465 e. The molecule has 0 saturated carbocycles.